The summed E-state index contributed by atoms with van der Waals surface area (Å²) in [6, 6.07) is 13.5. The zero-order valence-corrected chi connectivity index (χ0v) is 14.3. The molecule has 126 valence electrons. The molecule has 0 radical (unpaired) electrons. The molecule has 0 atom stereocenters. The Morgan fingerprint density at radius 1 is 1.00 bits per heavy atom. The highest BCUT2D eigenvalue weighted by molar-refractivity contribution is 7.80. The molecule has 0 heterocycles. The van der Waals surface area contributed by atoms with Crippen LogP contribution in [-0.2, 0) is 6.42 Å². The summed E-state index contributed by atoms with van der Waals surface area (Å²) in [4.78, 5) is 11.8. The Hall–Kier alpha value is -2.47. The van der Waals surface area contributed by atoms with E-state index in [4.69, 9.17) is 12.2 Å². The zero-order valence-electron chi connectivity index (χ0n) is 13.4. The summed E-state index contributed by atoms with van der Waals surface area (Å²) in [5.74, 6) is -0.609. The molecule has 0 bridgehead atoms. The summed E-state index contributed by atoms with van der Waals surface area (Å²) in [6.45, 7) is 3.01. The number of rotatable bonds is 6. The number of anilines is 1. The summed E-state index contributed by atoms with van der Waals surface area (Å²) in [7, 11) is 0. The Labute approximate surface area is 146 Å². The SMILES string of the molecule is CCc1ccc(NC(=S)NCCNC(=O)c2ccc(F)cc2)cc1. The van der Waals surface area contributed by atoms with Gasteiger partial charge < -0.3 is 16.0 Å². The van der Waals surface area contributed by atoms with Crippen LogP contribution in [0, 0.1) is 5.82 Å². The molecular weight excluding hydrogens is 325 g/mol. The lowest BCUT2D eigenvalue weighted by Crippen LogP contribution is -2.36. The van der Waals surface area contributed by atoms with Crippen molar-refractivity contribution in [1.82, 2.24) is 10.6 Å². The van der Waals surface area contributed by atoms with E-state index < -0.39 is 0 Å². The van der Waals surface area contributed by atoms with Crippen LogP contribution in [0.3, 0.4) is 0 Å². The first-order valence-electron chi connectivity index (χ1n) is 7.76. The number of carbonyl (C=O) groups is 1. The number of hydrogen-bond acceptors (Lipinski definition) is 2. The van der Waals surface area contributed by atoms with Gasteiger partial charge in [0.2, 0.25) is 0 Å². The van der Waals surface area contributed by atoms with E-state index in [0.717, 1.165) is 12.1 Å². The summed E-state index contributed by atoms with van der Waals surface area (Å²) in [5.41, 5.74) is 2.61. The van der Waals surface area contributed by atoms with Crippen molar-refractivity contribution in [3.63, 3.8) is 0 Å². The second-order valence-electron chi connectivity index (χ2n) is 5.19. The van der Waals surface area contributed by atoms with E-state index in [0.29, 0.717) is 23.8 Å². The summed E-state index contributed by atoms with van der Waals surface area (Å²) in [5, 5.41) is 9.34. The normalized spacial score (nSPS) is 10.1. The van der Waals surface area contributed by atoms with Crippen LogP contribution in [0.1, 0.15) is 22.8 Å². The highest BCUT2D eigenvalue weighted by Gasteiger charge is 2.04. The van der Waals surface area contributed by atoms with E-state index in [1.807, 2.05) is 24.3 Å². The quantitative estimate of drug-likeness (QED) is 0.556. The number of hydrogen-bond donors (Lipinski definition) is 3. The molecule has 0 saturated carbocycles. The maximum Gasteiger partial charge on any atom is 0.251 e. The summed E-state index contributed by atoms with van der Waals surface area (Å²) >= 11 is 5.21. The fourth-order valence-corrected chi connectivity index (χ4v) is 2.27. The second kappa shape index (κ2) is 8.98. The van der Waals surface area contributed by atoms with Crippen LogP contribution in [0.25, 0.3) is 0 Å². The van der Waals surface area contributed by atoms with Crippen molar-refractivity contribution in [2.75, 3.05) is 18.4 Å². The Morgan fingerprint density at radius 2 is 1.62 bits per heavy atom. The van der Waals surface area contributed by atoms with Gasteiger partial charge >= 0.3 is 0 Å². The van der Waals surface area contributed by atoms with E-state index in [2.05, 4.69) is 22.9 Å². The number of thiocarbonyl (C=S) groups is 1. The molecule has 0 unspecified atom stereocenters. The molecule has 0 aliphatic rings. The minimum Gasteiger partial charge on any atom is -0.361 e. The monoisotopic (exact) mass is 345 g/mol. The lowest BCUT2D eigenvalue weighted by Gasteiger charge is -2.11. The zero-order chi connectivity index (χ0) is 17.4. The Kier molecular flexibility index (Phi) is 6.69. The van der Waals surface area contributed by atoms with Gasteiger partial charge in [-0.15, -0.1) is 0 Å². The van der Waals surface area contributed by atoms with Crippen LogP contribution in [0.4, 0.5) is 10.1 Å². The topological polar surface area (TPSA) is 53.2 Å². The van der Waals surface area contributed by atoms with E-state index >= 15 is 0 Å². The molecule has 4 nitrogen and oxygen atoms in total. The first-order valence-corrected chi connectivity index (χ1v) is 8.17. The molecule has 0 fully saturated rings. The van der Waals surface area contributed by atoms with Gasteiger partial charge in [0.25, 0.3) is 5.91 Å². The average molecular weight is 345 g/mol. The third kappa shape index (κ3) is 5.62. The van der Waals surface area contributed by atoms with Crippen LogP contribution in [0.2, 0.25) is 0 Å². The van der Waals surface area contributed by atoms with Crippen molar-refractivity contribution in [3.05, 3.63) is 65.5 Å². The molecule has 3 N–H and O–H groups in total. The van der Waals surface area contributed by atoms with E-state index in [-0.39, 0.29) is 11.7 Å². The minimum atomic E-state index is -0.364. The number of nitrogens with one attached hydrogen (secondary N) is 3. The van der Waals surface area contributed by atoms with Gasteiger partial charge in [0, 0.05) is 24.3 Å². The second-order valence-corrected chi connectivity index (χ2v) is 5.60. The van der Waals surface area contributed by atoms with Crippen molar-refractivity contribution in [2.45, 2.75) is 13.3 Å². The minimum absolute atomic E-state index is 0.245. The van der Waals surface area contributed by atoms with Gasteiger partial charge in [-0.3, -0.25) is 4.79 Å². The third-order valence-electron chi connectivity index (χ3n) is 3.42. The highest BCUT2D eigenvalue weighted by atomic mass is 32.1. The smallest absolute Gasteiger partial charge is 0.251 e. The molecule has 24 heavy (non-hydrogen) atoms. The van der Waals surface area contributed by atoms with Crippen molar-refractivity contribution in [3.8, 4) is 0 Å². The first kappa shape index (κ1) is 17.9. The molecule has 0 saturated heterocycles. The number of amides is 1. The molecular formula is C18H20FN3OS. The molecule has 2 rings (SSSR count). The van der Waals surface area contributed by atoms with E-state index in [9.17, 15) is 9.18 Å². The number of halogens is 1. The molecule has 0 aliphatic heterocycles. The molecule has 0 spiro atoms. The molecule has 6 heteroatoms. The van der Waals surface area contributed by atoms with Crippen molar-refractivity contribution < 1.29 is 9.18 Å². The van der Waals surface area contributed by atoms with Crippen molar-refractivity contribution in [1.29, 1.82) is 0 Å². The lowest BCUT2D eigenvalue weighted by molar-refractivity contribution is 0.0954. The van der Waals surface area contributed by atoms with Gasteiger partial charge in [-0.1, -0.05) is 19.1 Å². The predicted molar refractivity (Wildman–Crippen MR) is 98.8 cm³/mol. The van der Waals surface area contributed by atoms with Crippen LogP contribution in [0.15, 0.2) is 48.5 Å². The van der Waals surface area contributed by atoms with Gasteiger partial charge in [0.05, 0.1) is 0 Å². The maximum absolute atomic E-state index is 12.8. The van der Waals surface area contributed by atoms with E-state index in [1.165, 1.54) is 29.8 Å². The molecule has 0 aromatic heterocycles. The number of aryl methyl sites for hydroxylation is 1. The molecule has 0 aliphatic carbocycles. The van der Waals surface area contributed by atoms with Gasteiger partial charge in [-0.2, -0.15) is 0 Å². The fourth-order valence-electron chi connectivity index (χ4n) is 2.05. The fraction of sp³-hybridized carbons (Fsp3) is 0.222. The number of carbonyl (C=O) groups excluding carboxylic acids is 1. The van der Waals surface area contributed by atoms with Gasteiger partial charge in [0.15, 0.2) is 5.11 Å². The van der Waals surface area contributed by atoms with Crippen molar-refractivity contribution in [2.24, 2.45) is 0 Å². The summed E-state index contributed by atoms with van der Waals surface area (Å²) < 4.78 is 12.8. The Morgan fingerprint density at radius 3 is 2.25 bits per heavy atom. The predicted octanol–water partition coefficient (Wildman–Crippen LogP) is 3.10. The van der Waals surface area contributed by atoms with Crippen LogP contribution in [-0.4, -0.2) is 24.1 Å². The Balaban J connectivity index is 1.68. The standard InChI is InChI=1S/C18H20FN3OS/c1-2-13-3-9-16(10-4-13)22-18(24)21-12-11-20-17(23)14-5-7-15(19)8-6-14/h3-10H,2,11-12H2,1H3,(H,20,23)(H2,21,22,24). The lowest BCUT2D eigenvalue weighted by atomic mass is 10.1. The molecule has 2 aromatic rings. The molecule has 1 amide bonds. The number of benzene rings is 2. The van der Waals surface area contributed by atoms with Crippen LogP contribution >= 0.6 is 12.2 Å². The summed E-state index contributed by atoms with van der Waals surface area (Å²) in [6.07, 6.45) is 0.997. The van der Waals surface area contributed by atoms with Gasteiger partial charge in [-0.25, -0.2) is 4.39 Å². The third-order valence-corrected chi connectivity index (χ3v) is 3.67. The van der Waals surface area contributed by atoms with Gasteiger partial charge in [-0.05, 0) is 60.6 Å². The van der Waals surface area contributed by atoms with Crippen LogP contribution < -0.4 is 16.0 Å². The molecule has 2 aromatic carbocycles. The average Bonchev–Trinajstić information content (AvgIpc) is 2.60. The van der Waals surface area contributed by atoms with E-state index in [1.54, 1.807) is 0 Å². The first-order chi connectivity index (χ1) is 11.6. The van der Waals surface area contributed by atoms with Crippen LogP contribution in [0.5, 0.6) is 0 Å². The van der Waals surface area contributed by atoms with Gasteiger partial charge in [0.1, 0.15) is 5.82 Å². The highest BCUT2D eigenvalue weighted by Crippen LogP contribution is 2.09. The van der Waals surface area contributed by atoms with Crippen molar-refractivity contribution >= 4 is 28.9 Å². The maximum atomic E-state index is 12.8. The largest absolute Gasteiger partial charge is 0.361 e. The Bertz CT molecular complexity index is 686.